The summed E-state index contributed by atoms with van der Waals surface area (Å²) in [6, 6.07) is 6.86. The predicted molar refractivity (Wildman–Crippen MR) is 87.5 cm³/mol. The first-order valence-electron chi connectivity index (χ1n) is 7.89. The molecule has 0 spiro atoms. The Bertz CT molecular complexity index is 393. The average Bonchev–Trinajstić information content (AvgIpc) is 2.41. The van der Waals surface area contributed by atoms with Crippen molar-refractivity contribution in [1.29, 1.82) is 0 Å². The van der Waals surface area contributed by atoms with Gasteiger partial charge in [0.15, 0.2) is 0 Å². The molecule has 0 bridgehead atoms. The number of benzene rings is 1. The first-order valence-corrected chi connectivity index (χ1v) is 7.89. The molecule has 1 aromatic carbocycles. The van der Waals surface area contributed by atoms with Gasteiger partial charge in [0.1, 0.15) is 0 Å². The summed E-state index contributed by atoms with van der Waals surface area (Å²) in [5.74, 6) is 0. The van der Waals surface area contributed by atoms with E-state index in [1.165, 1.54) is 16.7 Å². The minimum Gasteiger partial charge on any atom is -0.380 e. The number of hydrogen-bond donors (Lipinski definition) is 1. The molecule has 0 amide bonds. The molecule has 20 heavy (non-hydrogen) atoms. The summed E-state index contributed by atoms with van der Waals surface area (Å²) in [5, 5.41) is 3.44. The molecule has 2 nitrogen and oxygen atoms in total. The van der Waals surface area contributed by atoms with Crippen molar-refractivity contribution in [3.8, 4) is 0 Å². The Labute approximate surface area is 124 Å². The highest BCUT2D eigenvalue weighted by Crippen LogP contribution is 2.14. The molecule has 1 N–H and O–H groups in total. The van der Waals surface area contributed by atoms with Crippen LogP contribution < -0.4 is 5.32 Å². The second kappa shape index (κ2) is 8.43. The van der Waals surface area contributed by atoms with Crippen molar-refractivity contribution in [3.05, 3.63) is 34.9 Å². The van der Waals surface area contributed by atoms with E-state index in [4.69, 9.17) is 4.74 Å². The Balaban J connectivity index is 2.34. The quantitative estimate of drug-likeness (QED) is 0.731. The zero-order valence-corrected chi connectivity index (χ0v) is 13.9. The molecule has 0 fully saturated rings. The normalized spacial score (nSPS) is 11.8. The summed E-state index contributed by atoms with van der Waals surface area (Å²) in [7, 11) is 0. The fraction of sp³-hybridized carbons (Fsp3) is 0.667. The van der Waals surface area contributed by atoms with Crippen molar-refractivity contribution in [2.75, 3.05) is 19.8 Å². The largest absolute Gasteiger partial charge is 0.380 e. The zero-order chi connectivity index (χ0) is 15.0. The van der Waals surface area contributed by atoms with E-state index in [2.05, 4.69) is 58.1 Å². The van der Waals surface area contributed by atoms with Crippen molar-refractivity contribution in [2.24, 2.45) is 0 Å². The highest BCUT2D eigenvalue weighted by atomic mass is 16.5. The standard InChI is InChI=1S/C18H31NO/c1-6-15-8-9-16(7-2)17(14-15)10-12-20-13-11-19-18(3,4)5/h8-9,14,19H,6-7,10-13H2,1-5H3. The Morgan fingerprint density at radius 3 is 2.35 bits per heavy atom. The second-order valence-corrected chi connectivity index (χ2v) is 6.35. The van der Waals surface area contributed by atoms with Crippen molar-refractivity contribution in [2.45, 2.75) is 59.4 Å². The molecule has 0 radical (unpaired) electrons. The lowest BCUT2D eigenvalue weighted by molar-refractivity contribution is 0.133. The van der Waals surface area contributed by atoms with Gasteiger partial charge in [-0.05, 0) is 56.7 Å². The van der Waals surface area contributed by atoms with Crippen LogP contribution in [0.4, 0.5) is 0 Å². The fourth-order valence-electron chi connectivity index (χ4n) is 2.26. The van der Waals surface area contributed by atoms with Crippen LogP contribution in [0.2, 0.25) is 0 Å². The molecule has 1 aromatic rings. The number of hydrogen-bond acceptors (Lipinski definition) is 2. The van der Waals surface area contributed by atoms with Gasteiger partial charge < -0.3 is 10.1 Å². The van der Waals surface area contributed by atoms with Gasteiger partial charge in [0.25, 0.3) is 0 Å². The Kier molecular flexibility index (Phi) is 7.25. The number of nitrogens with one attached hydrogen (secondary N) is 1. The average molecular weight is 277 g/mol. The number of aryl methyl sites for hydroxylation is 2. The first-order chi connectivity index (χ1) is 9.46. The minimum absolute atomic E-state index is 0.175. The molecule has 0 aromatic heterocycles. The Morgan fingerprint density at radius 1 is 1.00 bits per heavy atom. The van der Waals surface area contributed by atoms with Crippen LogP contribution in [0.1, 0.15) is 51.3 Å². The minimum atomic E-state index is 0.175. The van der Waals surface area contributed by atoms with Gasteiger partial charge in [-0.3, -0.25) is 0 Å². The maximum absolute atomic E-state index is 5.74. The smallest absolute Gasteiger partial charge is 0.0591 e. The summed E-state index contributed by atoms with van der Waals surface area (Å²) in [4.78, 5) is 0. The molecular weight excluding hydrogens is 246 g/mol. The third kappa shape index (κ3) is 6.53. The van der Waals surface area contributed by atoms with E-state index < -0.39 is 0 Å². The Hall–Kier alpha value is -0.860. The lowest BCUT2D eigenvalue weighted by atomic mass is 9.99. The summed E-state index contributed by atoms with van der Waals surface area (Å²) in [5.41, 5.74) is 4.51. The molecule has 0 aliphatic heterocycles. The lowest BCUT2D eigenvalue weighted by Crippen LogP contribution is -2.38. The van der Waals surface area contributed by atoms with Gasteiger partial charge in [-0.1, -0.05) is 32.0 Å². The van der Waals surface area contributed by atoms with E-state index in [-0.39, 0.29) is 5.54 Å². The topological polar surface area (TPSA) is 21.3 Å². The third-order valence-electron chi connectivity index (χ3n) is 3.48. The highest BCUT2D eigenvalue weighted by molar-refractivity contribution is 5.32. The summed E-state index contributed by atoms with van der Waals surface area (Å²) < 4.78 is 5.74. The van der Waals surface area contributed by atoms with Gasteiger partial charge in [0.2, 0.25) is 0 Å². The van der Waals surface area contributed by atoms with Gasteiger partial charge in [0, 0.05) is 12.1 Å². The van der Waals surface area contributed by atoms with Gasteiger partial charge in [-0.15, -0.1) is 0 Å². The van der Waals surface area contributed by atoms with Crippen LogP contribution in [0, 0.1) is 0 Å². The van der Waals surface area contributed by atoms with E-state index in [1.807, 2.05) is 0 Å². The molecule has 0 unspecified atom stereocenters. The van der Waals surface area contributed by atoms with Crippen LogP contribution in [0.5, 0.6) is 0 Å². The molecule has 0 atom stereocenters. The summed E-state index contributed by atoms with van der Waals surface area (Å²) in [6.07, 6.45) is 3.23. The Morgan fingerprint density at radius 2 is 1.75 bits per heavy atom. The maximum atomic E-state index is 5.74. The first kappa shape index (κ1) is 17.2. The molecule has 0 saturated heterocycles. The SMILES string of the molecule is CCc1ccc(CC)c(CCOCCNC(C)(C)C)c1. The monoisotopic (exact) mass is 277 g/mol. The van der Waals surface area contributed by atoms with E-state index in [0.29, 0.717) is 0 Å². The van der Waals surface area contributed by atoms with Crippen molar-refractivity contribution >= 4 is 0 Å². The van der Waals surface area contributed by atoms with Crippen LogP contribution in [-0.2, 0) is 24.0 Å². The molecule has 0 aliphatic rings. The molecule has 2 heteroatoms. The van der Waals surface area contributed by atoms with Gasteiger partial charge >= 0.3 is 0 Å². The van der Waals surface area contributed by atoms with Gasteiger partial charge in [0.05, 0.1) is 13.2 Å². The van der Waals surface area contributed by atoms with Crippen LogP contribution in [0.25, 0.3) is 0 Å². The lowest BCUT2D eigenvalue weighted by Gasteiger charge is -2.20. The molecular formula is C18H31NO. The third-order valence-corrected chi connectivity index (χ3v) is 3.48. The van der Waals surface area contributed by atoms with Crippen molar-refractivity contribution in [1.82, 2.24) is 5.32 Å². The zero-order valence-electron chi connectivity index (χ0n) is 13.9. The summed E-state index contributed by atoms with van der Waals surface area (Å²) in [6.45, 7) is 13.5. The second-order valence-electron chi connectivity index (χ2n) is 6.35. The molecule has 0 heterocycles. The van der Waals surface area contributed by atoms with Crippen LogP contribution >= 0.6 is 0 Å². The van der Waals surface area contributed by atoms with Crippen LogP contribution in [0.3, 0.4) is 0 Å². The number of rotatable bonds is 8. The molecule has 1 rings (SSSR count). The van der Waals surface area contributed by atoms with E-state index >= 15 is 0 Å². The predicted octanol–water partition coefficient (Wildman–Crippen LogP) is 3.76. The van der Waals surface area contributed by atoms with Crippen molar-refractivity contribution < 1.29 is 4.74 Å². The molecule has 0 saturated carbocycles. The fourth-order valence-corrected chi connectivity index (χ4v) is 2.26. The molecule has 114 valence electrons. The van der Waals surface area contributed by atoms with E-state index in [9.17, 15) is 0 Å². The van der Waals surface area contributed by atoms with Crippen LogP contribution in [-0.4, -0.2) is 25.3 Å². The van der Waals surface area contributed by atoms with Crippen molar-refractivity contribution in [3.63, 3.8) is 0 Å². The highest BCUT2D eigenvalue weighted by Gasteiger charge is 2.07. The number of ether oxygens (including phenoxy) is 1. The van der Waals surface area contributed by atoms with Crippen LogP contribution in [0.15, 0.2) is 18.2 Å². The van der Waals surface area contributed by atoms with E-state index in [0.717, 1.165) is 39.0 Å². The summed E-state index contributed by atoms with van der Waals surface area (Å²) >= 11 is 0. The van der Waals surface area contributed by atoms with Gasteiger partial charge in [-0.25, -0.2) is 0 Å². The van der Waals surface area contributed by atoms with Gasteiger partial charge in [-0.2, -0.15) is 0 Å². The van der Waals surface area contributed by atoms with E-state index in [1.54, 1.807) is 0 Å². The molecule has 0 aliphatic carbocycles. The maximum Gasteiger partial charge on any atom is 0.0591 e.